The Morgan fingerprint density at radius 1 is 1.09 bits per heavy atom. The van der Waals surface area contributed by atoms with Crippen LogP contribution in [0, 0.1) is 6.92 Å². The number of amides is 1. The molecule has 4 rings (SSSR count). The summed E-state index contributed by atoms with van der Waals surface area (Å²) < 4.78 is 35.1. The van der Waals surface area contributed by atoms with Crippen molar-refractivity contribution in [1.82, 2.24) is 8.87 Å². The number of piperidine rings is 1. The van der Waals surface area contributed by atoms with E-state index in [0.29, 0.717) is 30.3 Å². The lowest BCUT2D eigenvalue weighted by Crippen LogP contribution is -2.35. The second kappa shape index (κ2) is 9.90. The number of nitrogens with one attached hydrogen (secondary N) is 1. The number of aryl methyl sites for hydroxylation is 1. The lowest BCUT2D eigenvalue weighted by molar-refractivity contribution is -0.116. The highest BCUT2D eigenvalue weighted by atomic mass is 32.2. The molecular formula is C23H25N3O5S2. The minimum Gasteiger partial charge on any atom is -0.455 e. The van der Waals surface area contributed by atoms with E-state index in [4.69, 9.17) is 4.74 Å². The molecule has 8 nitrogen and oxygen atoms in total. The number of anilines is 1. The Bertz CT molecular complexity index is 1290. The number of aromatic nitrogens is 1. The van der Waals surface area contributed by atoms with Crippen molar-refractivity contribution in [2.45, 2.75) is 37.6 Å². The van der Waals surface area contributed by atoms with Crippen molar-refractivity contribution in [1.29, 1.82) is 0 Å². The summed E-state index contributed by atoms with van der Waals surface area (Å²) in [4.78, 5) is 24.6. The number of hydrogen-bond donors (Lipinski definition) is 1. The predicted octanol–water partition coefficient (Wildman–Crippen LogP) is 3.82. The van der Waals surface area contributed by atoms with E-state index in [-0.39, 0.29) is 22.0 Å². The van der Waals surface area contributed by atoms with E-state index < -0.39 is 15.9 Å². The number of carbonyl (C=O) groups excluding carboxylic acids is 1. The molecule has 1 aliphatic heterocycles. The summed E-state index contributed by atoms with van der Waals surface area (Å²) in [5, 5.41) is 4.42. The molecule has 0 saturated carbocycles. The molecule has 3 aromatic rings. The largest absolute Gasteiger partial charge is 0.455 e. The smallest absolute Gasteiger partial charge is 0.307 e. The molecule has 0 spiro atoms. The Morgan fingerprint density at radius 3 is 2.48 bits per heavy atom. The number of thiazole rings is 1. The minimum absolute atomic E-state index is 0.0870. The van der Waals surface area contributed by atoms with Gasteiger partial charge in [-0.25, -0.2) is 8.42 Å². The fourth-order valence-electron chi connectivity index (χ4n) is 3.66. The average Bonchev–Trinajstić information content (AvgIpc) is 3.13. The van der Waals surface area contributed by atoms with Crippen LogP contribution in [0.3, 0.4) is 0 Å². The van der Waals surface area contributed by atoms with E-state index in [0.717, 1.165) is 30.6 Å². The zero-order valence-corrected chi connectivity index (χ0v) is 19.8. The first-order chi connectivity index (χ1) is 15.8. The van der Waals surface area contributed by atoms with Crippen molar-refractivity contribution in [3.05, 3.63) is 69.3 Å². The van der Waals surface area contributed by atoms with Gasteiger partial charge < -0.3 is 10.1 Å². The Labute approximate surface area is 196 Å². The van der Waals surface area contributed by atoms with Gasteiger partial charge in [-0.15, -0.1) is 0 Å². The number of para-hydroxylation sites is 1. The standard InChI is InChI=1S/C23H25N3O5S2/c1-17-16-32-23(28)26(17)15-22(27)24-20-14-19(33(29,30)25-12-6-3-7-13-25)10-11-21(20)31-18-8-4-2-5-9-18/h2,4-5,8-11,14,16H,3,6-7,12-13,15H2,1H3,(H,24,27). The summed E-state index contributed by atoms with van der Waals surface area (Å²) in [7, 11) is -3.70. The summed E-state index contributed by atoms with van der Waals surface area (Å²) in [5.41, 5.74) is 0.908. The number of carbonyl (C=O) groups is 1. The second-order valence-corrected chi connectivity index (χ2v) is 10.6. The van der Waals surface area contributed by atoms with Crippen LogP contribution >= 0.6 is 11.3 Å². The van der Waals surface area contributed by atoms with Crippen molar-refractivity contribution in [2.75, 3.05) is 18.4 Å². The maximum Gasteiger partial charge on any atom is 0.307 e. The van der Waals surface area contributed by atoms with Crippen LogP contribution in [-0.2, 0) is 21.4 Å². The van der Waals surface area contributed by atoms with Crippen molar-refractivity contribution in [3.63, 3.8) is 0 Å². The first-order valence-electron chi connectivity index (χ1n) is 10.7. The number of nitrogens with zero attached hydrogens (tertiary/aromatic N) is 2. The number of rotatable bonds is 7. The van der Waals surface area contributed by atoms with Crippen LogP contribution in [0.2, 0.25) is 0 Å². The van der Waals surface area contributed by atoms with Gasteiger partial charge in [0, 0.05) is 24.2 Å². The van der Waals surface area contributed by atoms with Gasteiger partial charge in [0.25, 0.3) is 0 Å². The highest BCUT2D eigenvalue weighted by Crippen LogP contribution is 2.33. The van der Waals surface area contributed by atoms with Gasteiger partial charge in [0.05, 0.1) is 10.6 Å². The number of hydrogen-bond acceptors (Lipinski definition) is 6. The van der Waals surface area contributed by atoms with Crippen molar-refractivity contribution >= 4 is 33.0 Å². The van der Waals surface area contributed by atoms with Gasteiger partial charge in [0.1, 0.15) is 12.3 Å². The van der Waals surface area contributed by atoms with Crippen LogP contribution in [0.1, 0.15) is 25.0 Å². The summed E-state index contributed by atoms with van der Waals surface area (Å²) in [5.74, 6) is 0.398. The van der Waals surface area contributed by atoms with E-state index in [2.05, 4.69) is 5.32 Å². The van der Waals surface area contributed by atoms with Crippen LogP contribution in [0.5, 0.6) is 11.5 Å². The fraction of sp³-hybridized carbons (Fsp3) is 0.304. The van der Waals surface area contributed by atoms with E-state index >= 15 is 0 Å². The van der Waals surface area contributed by atoms with Gasteiger partial charge in [-0.3, -0.25) is 14.2 Å². The van der Waals surface area contributed by atoms with Crippen LogP contribution in [0.25, 0.3) is 0 Å². The molecule has 0 aliphatic carbocycles. The zero-order valence-electron chi connectivity index (χ0n) is 18.2. The molecule has 1 N–H and O–H groups in total. The van der Waals surface area contributed by atoms with Gasteiger partial charge in [-0.2, -0.15) is 4.31 Å². The van der Waals surface area contributed by atoms with Crippen LogP contribution in [-0.4, -0.2) is 36.3 Å². The van der Waals surface area contributed by atoms with Gasteiger partial charge in [-0.1, -0.05) is 36.0 Å². The maximum atomic E-state index is 13.2. The Balaban J connectivity index is 1.65. The number of ether oxygens (including phenoxy) is 1. The van der Waals surface area contributed by atoms with Crippen molar-refractivity contribution < 1.29 is 17.9 Å². The number of sulfonamides is 1. The topological polar surface area (TPSA) is 97.7 Å². The summed E-state index contributed by atoms with van der Waals surface area (Å²) in [6, 6.07) is 13.5. The predicted molar refractivity (Wildman–Crippen MR) is 128 cm³/mol. The molecule has 33 heavy (non-hydrogen) atoms. The SMILES string of the molecule is Cc1csc(=O)n1CC(=O)Nc1cc(S(=O)(=O)N2CCCCC2)ccc1Oc1ccccc1. The van der Waals surface area contributed by atoms with Gasteiger partial charge in [0.2, 0.25) is 15.9 Å². The Kier molecular flexibility index (Phi) is 6.96. The molecule has 2 aromatic carbocycles. The average molecular weight is 488 g/mol. The molecule has 1 aromatic heterocycles. The maximum absolute atomic E-state index is 13.2. The fourth-order valence-corrected chi connectivity index (χ4v) is 5.93. The minimum atomic E-state index is -3.70. The molecule has 10 heteroatoms. The molecular weight excluding hydrogens is 462 g/mol. The third kappa shape index (κ3) is 5.35. The second-order valence-electron chi connectivity index (χ2n) is 7.82. The van der Waals surface area contributed by atoms with Crippen LogP contribution in [0.15, 0.2) is 63.6 Å². The third-order valence-electron chi connectivity index (χ3n) is 5.43. The molecule has 1 aliphatic rings. The number of benzene rings is 2. The zero-order chi connectivity index (χ0) is 23.4. The van der Waals surface area contributed by atoms with Crippen LogP contribution in [0.4, 0.5) is 5.69 Å². The van der Waals surface area contributed by atoms with E-state index in [1.54, 1.807) is 30.5 Å². The van der Waals surface area contributed by atoms with Gasteiger partial charge >= 0.3 is 4.87 Å². The molecule has 1 saturated heterocycles. The Hall–Kier alpha value is -2.95. The first kappa shape index (κ1) is 23.2. The first-order valence-corrected chi connectivity index (χ1v) is 13.0. The Morgan fingerprint density at radius 2 is 1.82 bits per heavy atom. The molecule has 0 unspecified atom stereocenters. The van der Waals surface area contributed by atoms with E-state index in [9.17, 15) is 18.0 Å². The third-order valence-corrected chi connectivity index (χ3v) is 8.20. The molecule has 0 bridgehead atoms. The summed E-state index contributed by atoms with van der Waals surface area (Å²) in [6.07, 6.45) is 2.66. The molecule has 0 atom stereocenters. The van der Waals surface area contributed by atoms with E-state index in [1.807, 2.05) is 18.2 Å². The summed E-state index contributed by atoms with van der Waals surface area (Å²) in [6.45, 7) is 2.53. The molecule has 1 amide bonds. The monoisotopic (exact) mass is 487 g/mol. The molecule has 1 fully saturated rings. The van der Waals surface area contributed by atoms with E-state index in [1.165, 1.54) is 21.0 Å². The molecule has 174 valence electrons. The summed E-state index contributed by atoms with van der Waals surface area (Å²) >= 11 is 1.02. The lowest BCUT2D eigenvalue weighted by atomic mass is 10.2. The van der Waals surface area contributed by atoms with Crippen molar-refractivity contribution in [2.24, 2.45) is 0 Å². The highest BCUT2D eigenvalue weighted by molar-refractivity contribution is 7.89. The van der Waals surface area contributed by atoms with Crippen molar-refractivity contribution in [3.8, 4) is 11.5 Å². The molecule has 2 heterocycles. The quantitative estimate of drug-likeness (QED) is 0.546. The lowest BCUT2D eigenvalue weighted by Gasteiger charge is -2.26. The molecule has 0 radical (unpaired) electrons. The van der Waals surface area contributed by atoms with Gasteiger partial charge in [-0.05, 0) is 50.1 Å². The van der Waals surface area contributed by atoms with Crippen LogP contribution < -0.4 is 14.9 Å². The highest BCUT2D eigenvalue weighted by Gasteiger charge is 2.27. The normalized spacial score (nSPS) is 14.7. The van der Waals surface area contributed by atoms with Gasteiger partial charge in [0.15, 0.2) is 5.75 Å².